The minimum atomic E-state index is -0.731. The van der Waals surface area contributed by atoms with E-state index in [1.807, 2.05) is 97.1 Å². The van der Waals surface area contributed by atoms with E-state index in [1.165, 1.54) is 0 Å². The molecule has 5 nitrogen and oxygen atoms in total. The van der Waals surface area contributed by atoms with Gasteiger partial charge in [0, 0.05) is 68.2 Å². The average Bonchev–Trinajstić information content (AvgIpc) is 0.890. The second-order valence-corrected chi connectivity index (χ2v) is 28.1. The van der Waals surface area contributed by atoms with Crippen LogP contribution >= 0.6 is 0 Å². The van der Waals surface area contributed by atoms with E-state index in [2.05, 4.69) is 201 Å². The Hall–Kier alpha value is -8.02. The van der Waals surface area contributed by atoms with Crippen molar-refractivity contribution in [2.24, 2.45) is 0 Å². The molecule has 0 fully saturated rings. The molecule has 5 N–H and O–H groups in total. The predicted molar refractivity (Wildman–Crippen MR) is 367 cm³/mol. The van der Waals surface area contributed by atoms with Gasteiger partial charge in [-0.1, -0.05) is 286 Å². The molecule has 0 heterocycles. The summed E-state index contributed by atoms with van der Waals surface area (Å²) >= 11 is 0. The highest BCUT2D eigenvalue weighted by Gasteiger charge is 2.38. The molecule has 4 atom stereocenters. The monoisotopic (exact) mass is 1170 g/mol. The predicted octanol–water partition coefficient (Wildman–Crippen LogP) is 21.4. The first-order valence-corrected chi connectivity index (χ1v) is 32.2. The van der Waals surface area contributed by atoms with E-state index >= 15 is 0 Å². The minimum Gasteiger partial charge on any atom is -0.508 e. The SMILES string of the molecule is CCC(C)(C)c1ccc(O)c(C(c2ccccc2)c2cc(C(C)(C)CC)cc(C(c3ccccc3)c3cc(C(C)(C)CC)cc(C(c4ccccc4)c4cc(C(C)(C)CC)cc(C(c5ccccc5)c5cc(C(C)(C)CC)ccc5O)c4O)c3O)c2O)c1. The van der Waals surface area contributed by atoms with E-state index in [0.29, 0.717) is 44.5 Å². The largest absolute Gasteiger partial charge is 0.508 e. The van der Waals surface area contributed by atoms with Gasteiger partial charge in [0.25, 0.3) is 0 Å². The van der Waals surface area contributed by atoms with Crippen molar-refractivity contribution in [1.82, 2.24) is 0 Å². The summed E-state index contributed by atoms with van der Waals surface area (Å²) in [5.74, 6) is -2.14. The number of phenols is 5. The molecule has 0 amide bonds. The van der Waals surface area contributed by atoms with E-state index in [0.717, 1.165) is 82.2 Å². The third-order valence-corrected chi connectivity index (χ3v) is 20.9. The molecular weight excluding hydrogens is 1080 g/mol. The molecule has 5 heteroatoms. The number of hydrogen-bond donors (Lipinski definition) is 5. The van der Waals surface area contributed by atoms with Crippen molar-refractivity contribution in [2.75, 3.05) is 0 Å². The lowest BCUT2D eigenvalue weighted by molar-refractivity contribution is 0.441. The molecule has 9 aromatic rings. The van der Waals surface area contributed by atoms with Crippen molar-refractivity contribution in [3.63, 3.8) is 0 Å². The van der Waals surface area contributed by atoms with E-state index in [-0.39, 0.29) is 50.4 Å². The Labute approximate surface area is 526 Å². The molecule has 0 saturated heterocycles. The average molecular weight is 1170 g/mol. The van der Waals surface area contributed by atoms with Crippen LogP contribution in [-0.4, -0.2) is 25.5 Å². The fraction of sp³-hybridized carbons (Fsp3) is 0.349. The van der Waals surface area contributed by atoms with Gasteiger partial charge in [-0.2, -0.15) is 0 Å². The van der Waals surface area contributed by atoms with Gasteiger partial charge in [-0.25, -0.2) is 0 Å². The third kappa shape index (κ3) is 12.7. The number of rotatable bonds is 22. The van der Waals surface area contributed by atoms with Crippen molar-refractivity contribution in [2.45, 2.75) is 187 Å². The fourth-order valence-corrected chi connectivity index (χ4v) is 12.7. The van der Waals surface area contributed by atoms with Crippen molar-refractivity contribution >= 4 is 0 Å². The maximum atomic E-state index is 14.1. The molecular formula is C83H96O5. The zero-order valence-corrected chi connectivity index (χ0v) is 55.1. The molecule has 0 radical (unpaired) electrons. The number of benzene rings is 9. The number of hydrogen-bond acceptors (Lipinski definition) is 5. The molecule has 0 spiro atoms. The summed E-state index contributed by atoms with van der Waals surface area (Å²) in [6.45, 7) is 33.4. The first-order valence-electron chi connectivity index (χ1n) is 32.2. The Balaban J connectivity index is 1.42. The van der Waals surface area contributed by atoms with Crippen LogP contribution in [0.2, 0.25) is 0 Å². The molecule has 9 aromatic carbocycles. The second-order valence-electron chi connectivity index (χ2n) is 28.1. The van der Waals surface area contributed by atoms with Gasteiger partial charge in [0.05, 0.1) is 0 Å². The summed E-state index contributed by atoms with van der Waals surface area (Å²) in [6.07, 6.45) is 4.16. The Morgan fingerprint density at radius 3 is 0.625 bits per heavy atom. The summed E-state index contributed by atoms with van der Waals surface area (Å²) in [7, 11) is 0. The lowest BCUT2D eigenvalue weighted by Gasteiger charge is -2.34. The summed E-state index contributed by atoms with van der Waals surface area (Å²) in [6, 6.07) is 65.7. The molecule has 0 aromatic heterocycles. The molecule has 9 rings (SSSR count). The highest BCUT2D eigenvalue weighted by Crippen LogP contribution is 2.55. The van der Waals surface area contributed by atoms with Gasteiger partial charge in [0.15, 0.2) is 0 Å². The fourth-order valence-electron chi connectivity index (χ4n) is 12.7. The zero-order valence-electron chi connectivity index (χ0n) is 55.1. The molecule has 88 heavy (non-hydrogen) atoms. The maximum absolute atomic E-state index is 14.1. The van der Waals surface area contributed by atoms with Crippen LogP contribution in [0.1, 0.15) is 254 Å². The first kappa shape index (κ1) is 64.5. The standard InChI is InChI=1S/C83H96O5/c1-16-79(6,7)57-41-43-70(84)62(45-57)72(53-33-25-21-26-34-53)64-47-59(81(10,11)18-3)49-66(76(64)86)74(55-37-29-23-30-38-55)68-51-61(83(14,15)20-5)52-69(78(68)88)75(56-39-31-24-32-40-56)67-50-60(82(12,13)19-4)48-65(77(67)87)73(54-35-27-22-28-36-54)63-46-58(42-44-71(63)85)80(8,9)17-2/h21-52,72-75,84-88H,16-20H2,1-15H3. The van der Waals surface area contributed by atoms with Crippen LogP contribution in [0.25, 0.3) is 0 Å². The van der Waals surface area contributed by atoms with E-state index in [4.69, 9.17) is 0 Å². The van der Waals surface area contributed by atoms with Crippen molar-refractivity contribution in [3.8, 4) is 28.7 Å². The molecule has 0 aliphatic carbocycles. The Bertz CT molecular complexity index is 3630. The van der Waals surface area contributed by atoms with Crippen LogP contribution in [-0.2, 0) is 27.1 Å². The van der Waals surface area contributed by atoms with Crippen LogP contribution in [0, 0.1) is 0 Å². The highest BCUT2D eigenvalue weighted by molar-refractivity contribution is 5.67. The normalized spacial score (nSPS) is 13.9. The number of phenolic OH excluding ortho intramolecular Hbond substituents is 5. The lowest BCUT2D eigenvalue weighted by atomic mass is 9.70. The van der Waals surface area contributed by atoms with Crippen molar-refractivity contribution < 1.29 is 25.5 Å². The van der Waals surface area contributed by atoms with Crippen molar-refractivity contribution in [3.05, 3.63) is 289 Å². The Morgan fingerprint density at radius 1 is 0.239 bits per heavy atom. The number of aromatic hydroxyl groups is 5. The smallest absolute Gasteiger partial charge is 0.123 e. The molecule has 0 bridgehead atoms. The van der Waals surface area contributed by atoms with Crippen LogP contribution < -0.4 is 0 Å². The lowest BCUT2D eigenvalue weighted by Crippen LogP contribution is -2.21. The quantitative estimate of drug-likeness (QED) is 0.0435. The van der Waals surface area contributed by atoms with Gasteiger partial charge < -0.3 is 25.5 Å². The van der Waals surface area contributed by atoms with Gasteiger partial charge >= 0.3 is 0 Å². The molecule has 458 valence electrons. The Kier molecular flexibility index (Phi) is 18.7. The second kappa shape index (κ2) is 25.6. The Morgan fingerprint density at radius 2 is 0.420 bits per heavy atom. The first-order chi connectivity index (χ1) is 41.7. The van der Waals surface area contributed by atoms with Crippen LogP contribution in [0.4, 0.5) is 0 Å². The van der Waals surface area contributed by atoms with E-state index < -0.39 is 29.1 Å². The van der Waals surface area contributed by atoms with Crippen LogP contribution in [0.3, 0.4) is 0 Å². The van der Waals surface area contributed by atoms with Crippen molar-refractivity contribution in [1.29, 1.82) is 0 Å². The summed E-state index contributed by atoms with van der Waals surface area (Å²) < 4.78 is 0. The zero-order chi connectivity index (χ0) is 63.7. The van der Waals surface area contributed by atoms with Crippen LogP contribution in [0.5, 0.6) is 28.7 Å². The summed E-state index contributed by atoms with van der Waals surface area (Å²) in [4.78, 5) is 0. The molecule has 0 saturated carbocycles. The van der Waals surface area contributed by atoms with E-state index in [1.54, 1.807) is 0 Å². The van der Waals surface area contributed by atoms with Gasteiger partial charge in [-0.05, 0) is 121 Å². The minimum absolute atomic E-state index is 0.0547. The topological polar surface area (TPSA) is 101 Å². The molecule has 0 aliphatic heterocycles. The molecule has 4 unspecified atom stereocenters. The third-order valence-electron chi connectivity index (χ3n) is 20.9. The van der Waals surface area contributed by atoms with Gasteiger partial charge in [0.1, 0.15) is 28.7 Å². The molecule has 0 aliphatic rings. The summed E-state index contributed by atoms with van der Waals surface area (Å²) in [5.41, 5.74) is 12.5. The van der Waals surface area contributed by atoms with Crippen LogP contribution in [0.15, 0.2) is 194 Å². The summed E-state index contributed by atoms with van der Waals surface area (Å²) in [5, 5.41) is 66.1. The maximum Gasteiger partial charge on any atom is 0.123 e. The van der Waals surface area contributed by atoms with Gasteiger partial charge in [-0.3, -0.25) is 0 Å². The van der Waals surface area contributed by atoms with Gasteiger partial charge in [-0.15, -0.1) is 0 Å². The highest BCUT2D eigenvalue weighted by atomic mass is 16.3. The van der Waals surface area contributed by atoms with E-state index in [9.17, 15) is 25.5 Å². The van der Waals surface area contributed by atoms with Gasteiger partial charge in [0.2, 0.25) is 0 Å².